The standard InChI is InChI=1S/C31H53NO5/c1-5-20-24-17-19(33)11-14-31(24,4)23-12-15-30(3)21(9-10-22(30)27(23)28(20)35)18(2)13-16-37-29(36)32-25-7-6-8-26(25)34/h18-28,33-35H,5-17H2,1-4H3,(H,32,36)/t18-,19-,20-,21-,22+,23+,24?,25?,26?,27?,28-,30?,31-/m1/s1. The second-order valence-electron chi connectivity index (χ2n) is 14.3. The smallest absolute Gasteiger partial charge is 0.407 e. The van der Waals surface area contributed by atoms with E-state index in [1.54, 1.807) is 0 Å². The van der Waals surface area contributed by atoms with Gasteiger partial charge in [0.2, 0.25) is 0 Å². The molecule has 0 aliphatic heterocycles. The van der Waals surface area contributed by atoms with Crippen LogP contribution in [0.15, 0.2) is 0 Å². The van der Waals surface area contributed by atoms with Gasteiger partial charge in [0, 0.05) is 0 Å². The summed E-state index contributed by atoms with van der Waals surface area (Å²) < 4.78 is 5.54. The molecule has 4 N–H and O–H groups in total. The number of hydrogen-bond acceptors (Lipinski definition) is 5. The molecule has 0 saturated heterocycles. The van der Waals surface area contributed by atoms with Crippen molar-refractivity contribution in [3.05, 3.63) is 0 Å². The first-order valence-electron chi connectivity index (χ1n) is 15.6. The van der Waals surface area contributed by atoms with Crippen molar-refractivity contribution in [1.82, 2.24) is 5.32 Å². The van der Waals surface area contributed by atoms with Gasteiger partial charge < -0.3 is 25.4 Å². The van der Waals surface area contributed by atoms with Crippen molar-refractivity contribution in [2.24, 2.45) is 52.3 Å². The van der Waals surface area contributed by atoms with Crippen LogP contribution in [0.4, 0.5) is 4.79 Å². The van der Waals surface area contributed by atoms with Gasteiger partial charge in [-0.1, -0.05) is 34.1 Å². The molecule has 1 amide bonds. The Balaban J connectivity index is 1.23. The Kier molecular flexibility index (Phi) is 7.95. The molecule has 0 aromatic heterocycles. The quantitative estimate of drug-likeness (QED) is 0.383. The molecule has 5 rings (SSSR count). The molecule has 37 heavy (non-hydrogen) atoms. The molecular formula is C31H53NO5. The monoisotopic (exact) mass is 519 g/mol. The van der Waals surface area contributed by atoms with Gasteiger partial charge in [-0.25, -0.2) is 4.79 Å². The van der Waals surface area contributed by atoms with E-state index in [-0.39, 0.29) is 29.1 Å². The van der Waals surface area contributed by atoms with Crippen LogP contribution in [-0.4, -0.2) is 52.4 Å². The fraction of sp³-hybridized carbons (Fsp3) is 0.968. The summed E-state index contributed by atoms with van der Waals surface area (Å²) in [6.07, 6.45) is 10.8. The van der Waals surface area contributed by atoms with E-state index in [1.165, 1.54) is 25.7 Å². The zero-order valence-electron chi connectivity index (χ0n) is 23.7. The van der Waals surface area contributed by atoms with E-state index in [0.717, 1.165) is 51.4 Å². The van der Waals surface area contributed by atoms with E-state index in [1.807, 2.05) is 0 Å². The second kappa shape index (κ2) is 10.6. The van der Waals surface area contributed by atoms with Gasteiger partial charge in [0.05, 0.1) is 31.0 Å². The normalized spacial score (nSPS) is 50.0. The van der Waals surface area contributed by atoms with Gasteiger partial charge in [-0.05, 0) is 123 Å². The third-order valence-electron chi connectivity index (χ3n) is 12.7. The Morgan fingerprint density at radius 3 is 2.41 bits per heavy atom. The summed E-state index contributed by atoms with van der Waals surface area (Å²) in [6, 6.07) is -0.169. The minimum Gasteiger partial charge on any atom is -0.450 e. The van der Waals surface area contributed by atoms with E-state index in [4.69, 9.17) is 4.74 Å². The fourth-order valence-corrected chi connectivity index (χ4v) is 10.8. The van der Waals surface area contributed by atoms with Gasteiger partial charge in [0.1, 0.15) is 0 Å². The van der Waals surface area contributed by atoms with Gasteiger partial charge in [-0.15, -0.1) is 0 Å². The molecule has 6 heteroatoms. The minimum absolute atomic E-state index is 0.169. The molecule has 5 aliphatic carbocycles. The average molecular weight is 520 g/mol. The van der Waals surface area contributed by atoms with Crippen molar-refractivity contribution in [3.8, 4) is 0 Å². The number of amides is 1. The largest absolute Gasteiger partial charge is 0.450 e. The van der Waals surface area contributed by atoms with Crippen LogP contribution in [-0.2, 0) is 4.74 Å². The maximum Gasteiger partial charge on any atom is 0.407 e. The summed E-state index contributed by atoms with van der Waals surface area (Å²) in [4.78, 5) is 12.3. The topological polar surface area (TPSA) is 99.0 Å². The Morgan fingerprint density at radius 1 is 0.973 bits per heavy atom. The number of carbonyl (C=O) groups excluding carboxylic acids is 1. The van der Waals surface area contributed by atoms with E-state index in [9.17, 15) is 20.1 Å². The number of rotatable bonds is 6. The highest BCUT2D eigenvalue weighted by Gasteiger charge is 2.64. The summed E-state index contributed by atoms with van der Waals surface area (Å²) in [5.41, 5.74) is 0.469. The van der Waals surface area contributed by atoms with Crippen LogP contribution in [0.2, 0.25) is 0 Å². The molecule has 5 saturated carbocycles. The lowest BCUT2D eigenvalue weighted by molar-refractivity contribution is -0.203. The number of hydrogen-bond donors (Lipinski definition) is 4. The number of aliphatic hydroxyl groups excluding tert-OH is 3. The molecule has 0 aromatic rings. The molecule has 13 atom stereocenters. The molecule has 0 bridgehead atoms. The van der Waals surface area contributed by atoms with Gasteiger partial charge in [0.25, 0.3) is 0 Å². The number of aliphatic hydroxyl groups is 3. The first-order valence-corrected chi connectivity index (χ1v) is 15.6. The number of carbonyl (C=O) groups is 1. The lowest BCUT2D eigenvalue weighted by Crippen LogP contribution is -2.62. The van der Waals surface area contributed by atoms with Crippen LogP contribution < -0.4 is 5.32 Å². The second-order valence-corrected chi connectivity index (χ2v) is 14.3. The minimum atomic E-state index is -0.448. The summed E-state index contributed by atoms with van der Waals surface area (Å²) in [7, 11) is 0. The van der Waals surface area contributed by atoms with Crippen LogP contribution in [0.3, 0.4) is 0 Å². The third kappa shape index (κ3) is 4.75. The van der Waals surface area contributed by atoms with Gasteiger partial charge in [-0.3, -0.25) is 0 Å². The molecule has 0 heterocycles. The van der Waals surface area contributed by atoms with Crippen molar-refractivity contribution in [1.29, 1.82) is 0 Å². The number of nitrogens with one attached hydrogen (secondary N) is 1. The van der Waals surface area contributed by atoms with E-state index in [0.29, 0.717) is 48.0 Å². The maximum atomic E-state index is 12.3. The molecule has 0 aromatic carbocycles. The van der Waals surface area contributed by atoms with Crippen molar-refractivity contribution in [3.63, 3.8) is 0 Å². The van der Waals surface area contributed by atoms with Crippen LogP contribution in [0.1, 0.15) is 105 Å². The predicted molar refractivity (Wildman–Crippen MR) is 144 cm³/mol. The maximum absolute atomic E-state index is 12.3. The molecule has 0 spiro atoms. The van der Waals surface area contributed by atoms with E-state index >= 15 is 0 Å². The highest BCUT2D eigenvalue weighted by atomic mass is 16.5. The zero-order chi connectivity index (χ0) is 26.5. The Morgan fingerprint density at radius 2 is 1.70 bits per heavy atom. The third-order valence-corrected chi connectivity index (χ3v) is 12.7. The lowest BCUT2D eigenvalue weighted by atomic mass is 9.41. The summed E-state index contributed by atoms with van der Waals surface area (Å²) in [6.45, 7) is 9.99. The van der Waals surface area contributed by atoms with Gasteiger partial charge in [-0.2, -0.15) is 0 Å². The lowest BCUT2D eigenvalue weighted by Gasteiger charge is -2.64. The molecular weight excluding hydrogens is 466 g/mol. The molecule has 5 unspecified atom stereocenters. The first kappa shape index (κ1) is 27.7. The molecule has 212 valence electrons. The predicted octanol–water partition coefficient (Wildman–Crippen LogP) is 5.28. The van der Waals surface area contributed by atoms with Crippen molar-refractivity contribution in [2.45, 2.75) is 129 Å². The Hall–Kier alpha value is -0.850. The number of fused-ring (bicyclic) bond motifs is 5. The van der Waals surface area contributed by atoms with E-state index < -0.39 is 12.2 Å². The van der Waals surface area contributed by atoms with Crippen LogP contribution in [0.25, 0.3) is 0 Å². The Labute approximate surface area is 224 Å². The highest BCUT2D eigenvalue weighted by Crippen LogP contribution is 2.69. The van der Waals surface area contributed by atoms with E-state index in [2.05, 4.69) is 33.0 Å². The highest BCUT2D eigenvalue weighted by molar-refractivity contribution is 5.67. The molecule has 0 radical (unpaired) electrons. The summed E-state index contributed by atoms with van der Waals surface area (Å²) in [5.74, 6) is 3.28. The van der Waals surface area contributed by atoms with Crippen LogP contribution >= 0.6 is 0 Å². The fourth-order valence-electron chi connectivity index (χ4n) is 10.8. The zero-order valence-corrected chi connectivity index (χ0v) is 23.7. The summed E-state index contributed by atoms with van der Waals surface area (Å²) in [5, 5.41) is 35.2. The van der Waals surface area contributed by atoms with Crippen molar-refractivity contribution < 1.29 is 24.9 Å². The van der Waals surface area contributed by atoms with Crippen LogP contribution in [0.5, 0.6) is 0 Å². The molecule has 6 nitrogen and oxygen atoms in total. The molecule has 5 aliphatic rings. The Bertz CT molecular complexity index is 821. The number of ether oxygens (including phenoxy) is 1. The number of alkyl carbamates (subject to hydrolysis) is 1. The van der Waals surface area contributed by atoms with Crippen LogP contribution in [0, 0.1) is 52.3 Å². The molecule has 5 fully saturated rings. The average Bonchev–Trinajstić information content (AvgIpc) is 3.42. The van der Waals surface area contributed by atoms with Crippen molar-refractivity contribution >= 4 is 6.09 Å². The SMILES string of the molecule is CC[C@@H]1C2C[C@H](O)CC[C@]2(C)[C@H]2CCC3(C)[C@@H]([C@H](C)CCOC(=O)NC4CCCC4O)CC[C@H]3C2[C@@H]1O. The summed E-state index contributed by atoms with van der Waals surface area (Å²) >= 11 is 0. The van der Waals surface area contributed by atoms with Gasteiger partial charge >= 0.3 is 6.09 Å². The first-order chi connectivity index (χ1) is 17.6. The van der Waals surface area contributed by atoms with Crippen molar-refractivity contribution in [2.75, 3.05) is 6.61 Å². The van der Waals surface area contributed by atoms with Gasteiger partial charge in [0.15, 0.2) is 0 Å².